The Labute approximate surface area is 156 Å². The molecule has 1 heterocycles. The van der Waals surface area contributed by atoms with Crippen molar-refractivity contribution in [2.75, 3.05) is 12.4 Å². The van der Waals surface area contributed by atoms with E-state index < -0.39 is 11.7 Å². The van der Waals surface area contributed by atoms with Gasteiger partial charge in [0.05, 0.1) is 19.0 Å². The molecule has 27 heavy (non-hydrogen) atoms. The van der Waals surface area contributed by atoms with Crippen molar-refractivity contribution in [3.05, 3.63) is 71.3 Å². The van der Waals surface area contributed by atoms with Crippen LogP contribution in [0, 0.1) is 0 Å². The van der Waals surface area contributed by atoms with Gasteiger partial charge in [0.2, 0.25) is 5.91 Å². The first-order valence-electron chi connectivity index (χ1n) is 8.58. The molecule has 0 saturated heterocycles. The van der Waals surface area contributed by atoms with Gasteiger partial charge in [-0.3, -0.25) is 4.79 Å². The van der Waals surface area contributed by atoms with Crippen molar-refractivity contribution in [2.45, 2.75) is 19.4 Å². The van der Waals surface area contributed by atoms with Crippen LogP contribution in [0.4, 0.5) is 5.69 Å². The number of nitrogens with zero attached hydrogens (tertiary/aromatic N) is 3. The Morgan fingerprint density at radius 3 is 2.63 bits per heavy atom. The van der Waals surface area contributed by atoms with E-state index in [-0.39, 0.29) is 5.91 Å². The lowest BCUT2D eigenvalue weighted by Gasteiger charge is -2.16. The minimum Gasteiger partial charge on any atom is -0.497 e. The third kappa shape index (κ3) is 4.20. The Bertz CT molecular complexity index is 986. The van der Waals surface area contributed by atoms with Gasteiger partial charge in [-0.1, -0.05) is 43.3 Å². The van der Waals surface area contributed by atoms with E-state index in [1.54, 1.807) is 31.4 Å². The van der Waals surface area contributed by atoms with Crippen molar-refractivity contribution in [1.29, 1.82) is 0 Å². The number of ether oxygens (including phenoxy) is 1. The molecule has 0 aliphatic heterocycles. The van der Waals surface area contributed by atoms with Crippen LogP contribution in [0.15, 0.2) is 65.6 Å². The molecule has 1 N–H and O–H groups in total. The minimum atomic E-state index is -0.763. The minimum absolute atomic E-state index is 0.338. The van der Waals surface area contributed by atoms with Crippen LogP contribution in [-0.4, -0.2) is 27.8 Å². The second-order valence-electron chi connectivity index (χ2n) is 5.88. The van der Waals surface area contributed by atoms with E-state index in [0.717, 1.165) is 10.2 Å². The molecule has 0 aliphatic carbocycles. The predicted octanol–water partition coefficient (Wildman–Crippen LogP) is 2.90. The highest BCUT2D eigenvalue weighted by Gasteiger charge is 2.22. The molecule has 2 aromatic carbocycles. The van der Waals surface area contributed by atoms with E-state index in [0.29, 0.717) is 23.6 Å². The van der Waals surface area contributed by atoms with Gasteiger partial charge in [-0.25, -0.2) is 9.48 Å². The summed E-state index contributed by atoms with van der Waals surface area (Å²) in [7, 11) is 1.55. The predicted molar refractivity (Wildman–Crippen MR) is 103 cm³/mol. The number of carbonyl (C=O) groups excluding carboxylic acids is 1. The Morgan fingerprint density at radius 1 is 1.19 bits per heavy atom. The molecule has 1 atom stereocenters. The van der Waals surface area contributed by atoms with Gasteiger partial charge < -0.3 is 10.1 Å². The quantitative estimate of drug-likeness (QED) is 0.727. The Hall–Kier alpha value is -3.48. The highest BCUT2D eigenvalue weighted by Crippen LogP contribution is 2.19. The molecule has 0 saturated carbocycles. The maximum Gasteiger partial charge on any atom is 0.365 e. The van der Waals surface area contributed by atoms with Crippen LogP contribution in [0.1, 0.15) is 19.4 Å². The van der Waals surface area contributed by atoms with Gasteiger partial charge in [0, 0.05) is 17.3 Å². The molecular weight excluding hydrogens is 344 g/mol. The zero-order chi connectivity index (χ0) is 19.2. The summed E-state index contributed by atoms with van der Waals surface area (Å²) in [6.45, 7) is 1.81. The highest BCUT2D eigenvalue weighted by molar-refractivity contribution is 5.93. The summed E-state index contributed by atoms with van der Waals surface area (Å²) >= 11 is 0. The third-order valence-electron chi connectivity index (χ3n) is 4.11. The highest BCUT2D eigenvalue weighted by atomic mass is 16.5. The average Bonchev–Trinajstić information content (AvgIpc) is 2.70. The largest absolute Gasteiger partial charge is 0.497 e. The fourth-order valence-corrected chi connectivity index (χ4v) is 2.71. The molecule has 1 aromatic heterocycles. The molecule has 3 rings (SSSR count). The number of aromatic nitrogens is 3. The van der Waals surface area contributed by atoms with E-state index in [4.69, 9.17) is 4.74 Å². The van der Waals surface area contributed by atoms with Gasteiger partial charge in [0.15, 0.2) is 0 Å². The summed E-state index contributed by atoms with van der Waals surface area (Å²) in [6.07, 6.45) is 1.90. The molecule has 0 bridgehead atoms. The molecule has 7 nitrogen and oxygen atoms in total. The molecule has 0 aliphatic rings. The number of hydrogen-bond acceptors (Lipinski definition) is 5. The number of hydrogen-bond donors (Lipinski definition) is 1. The number of nitrogens with one attached hydrogen (secondary N) is 1. The van der Waals surface area contributed by atoms with Gasteiger partial charge >= 0.3 is 5.69 Å². The van der Waals surface area contributed by atoms with Gasteiger partial charge in [0.1, 0.15) is 11.8 Å². The molecule has 0 spiro atoms. The van der Waals surface area contributed by atoms with Crippen molar-refractivity contribution in [3.63, 3.8) is 0 Å². The number of amides is 1. The first-order chi connectivity index (χ1) is 13.1. The number of methoxy groups -OCH3 is 1. The van der Waals surface area contributed by atoms with E-state index >= 15 is 0 Å². The molecule has 3 aromatic rings. The first-order valence-corrected chi connectivity index (χ1v) is 8.58. The fourth-order valence-electron chi connectivity index (χ4n) is 2.71. The second kappa shape index (κ2) is 8.27. The van der Waals surface area contributed by atoms with E-state index in [1.807, 2.05) is 37.3 Å². The summed E-state index contributed by atoms with van der Waals surface area (Å²) in [6, 6.07) is 15.5. The molecule has 1 amide bonds. The summed E-state index contributed by atoms with van der Waals surface area (Å²) in [5.74, 6) is 0.291. The summed E-state index contributed by atoms with van der Waals surface area (Å²) in [4.78, 5) is 29.2. The van der Waals surface area contributed by atoms with Crippen LogP contribution in [0.5, 0.6) is 5.75 Å². The van der Waals surface area contributed by atoms with Crippen LogP contribution >= 0.6 is 0 Å². The monoisotopic (exact) mass is 364 g/mol. The smallest absolute Gasteiger partial charge is 0.365 e. The van der Waals surface area contributed by atoms with Gasteiger partial charge in [-0.2, -0.15) is 10.1 Å². The molecule has 0 unspecified atom stereocenters. The molecular formula is C20H20N4O3. The number of rotatable bonds is 6. The Balaban J connectivity index is 1.84. The zero-order valence-corrected chi connectivity index (χ0v) is 15.1. The summed E-state index contributed by atoms with van der Waals surface area (Å²) < 4.78 is 6.27. The molecule has 7 heteroatoms. The third-order valence-corrected chi connectivity index (χ3v) is 4.11. The lowest BCUT2D eigenvalue weighted by Crippen LogP contribution is -2.36. The van der Waals surface area contributed by atoms with Crippen molar-refractivity contribution in [2.24, 2.45) is 0 Å². The zero-order valence-electron chi connectivity index (χ0n) is 15.1. The van der Waals surface area contributed by atoms with Crippen LogP contribution < -0.4 is 15.7 Å². The maximum absolute atomic E-state index is 12.7. The second-order valence-corrected chi connectivity index (χ2v) is 5.88. The topological polar surface area (TPSA) is 86.1 Å². The van der Waals surface area contributed by atoms with Crippen LogP contribution in [-0.2, 0) is 4.79 Å². The van der Waals surface area contributed by atoms with Crippen LogP contribution in [0.25, 0.3) is 11.3 Å². The fraction of sp³-hybridized carbons (Fsp3) is 0.200. The maximum atomic E-state index is 12.7. The van der Waals surface area contributed by atoms with E-state index in [9.17, 15) is 9.59 Å². The average molecular weight is 364 g/mol. The number of carbonyl (C=O) groups is 1. The van der Waals surface area contributed by atoms with Crippen molar-refractivity contribution < 1.29 is 9.53 Å². The Kier molecular flexibility index (Phi) is 5.61. The van der Waals surface area contributed by atoms with Gasteiger partial charge in [-0.05, 0) is 18.6 Å². The van der Waals surface area contributed by atoms with Crippen molar-refractivity contribution >= 4 is 11.6 Å². The van der Waals surface area contributed by atoms with Crippen molar-refractivity contribution in [1.82, 2.24) is 14.8 Å². The van der Waals surface area contributed by atoms with Crippen molar-refractivity contribution in [3.8, 4) is 17.0 Å². The van der Waals surface area contributed by atoms with Crippen LogP contribution in [0.3, 0.4) is 0 Å². The summed E-state index contributed by atoms with van der Waals surface area (Å²) in [5, 5.41) is 6.97. The lowest BCUT2D eigenvalue weighted by atomic mass is 10.2. The standard InChI is InChI=1S/C20H20N4O3/c1-3-18(19(25)22-15-10-7-11-16(12-15)27-2)24-20(26)23-17(13-21-24)14-8-5-4-6-9-14/h4-13,18H,3H2,1-2H3,(H,22,25)/t18-/m0/s1. The first kappa shape index (κ1) is 18.3. The Morgan fingerprint density at radius 2 is 1.96 bits per heavy atom. The SMILES string of the molecule is CC[C@@H](C(=O)Nc1cccc(OC)c1)n1ncc(-c2ccccc2)nc1=O. The summed E-state index contributed by atoms with van der Waals surface area (Å²) in [5.41, 5.74) is 1.28. The van der Waals surface area contributed by atoms with E-state index in [2.05, 4.69) is 15.4 Å². The number of anilines is 1. The normalized spacial score (nSPS) is 11.6. The molecule has 138 valence electrons. The molecule has 0 fully saturated rings. The van der Waals surface area contributed by atoms with Gasteiger partial charge in [0.25, 0.3) is 0 Å². The van der Waals surface area contributed by atoms with Gasteiger partial charge in [-0.15, -0.1) is 0 Å². The van der Waals surface area contributed by atoms with E-state index in [1.165, 1.54) is 6.20 Å². The molecule has 0 radical (unpaired) electrons. The van der Waals surface area contributed by atoms with Crippen LogP contribution in [0.2, 0.25) is 0 Å². The lowest BCUT2D eigenvalue weighted by molar-refractivity contribution is -0.119. The number of benzene rings is 2.